The number of ether oxygens (including phenoxy) is 1. The minimum Gasteiger partial charge on any atom is -0.457 e. The molecule has 0 saturated heterocycles. The molecule has 10 heteroatoms. The predicted octanol–water partition coefficient (Wildman–Crippen LogP) is 6.07. The number of nitrogens with zero attached hydrogens (tertiary/aromatic N) is 3. The van der Waals surface area contributed by atoms with E-state index in [0.717, 1.165) is 12.1 Å². The molecule has 2 aromatic heterocycles. The first-order valence-electron chi connectivity index (χ1n) is 8.63. The van der Waals surface area contributed by atoms with Crippen LogP contribution in [0.25, 0.3) is 11.4 Å². The van der Waals surface area contributed by atoms with Crippen LogP contribution in [0.15, 0.2) is 67.0 Å². The van der Waals surface area contributed by atoms with Gasteiger partial charge in [0.2, 0.25) is 5.95 Å². The Morgan fingerprint density at radius 2 is 1.77 bits per heavy atom. The Labute approximate surface area is 173 Å². The van der Waals surface area contributed by atoms with Crippen LogP contribution >= 0.6 is 11.6 Å². The molecule has 0 aliphatic rings. The maximum absolute atomic E-state index is 12.9. The molecular formula is C20H13ClF3N5O. The molecule has 0 unspecified atom stereocenters. The Morgan fingerprint density at radius 1 is 0.967 bits per heavy atom. The third kappa shape index (κ3) is 4.52. The van der Waals surface area contributed by atoms with E-state index in [0.29, 0.717) is 27.9 Å². The Kier molecular flexibility index (Phi) is 5.28. The largest absolute Gasteiger partial charge is 0.457 e. The van der Waals surface area contributed by atoms with E-state index < -0.39 is 11.7 Å². The lowest BCUT2D eigenvalue weighted by molar-refractivity contribution is -0.137. The molecule has 4 aromatic rings. The van der Waals surface area contributed by atoms with E-state index in [9.17, 15) is 13.2 Å². The average Bonchev–Trinajstić information content (AvgIpc) is 3.16. The summed E-state index contributed by atoms with van der Waals surface area (Å²) in [5.74, 6) is 1.60. The fraction of sp³-hybridized carbons (Fsp3) is 0.0500. The maximum Gasteiger partial charge on any atom is 0.416 e. The molecule has 0 amide bonds. The monoisotopic (exact) mass is 431 g/mol. The van der Waals surface area contributed by atoms with Crippen LogP contribution in [0.5, 0.6) is 11.5 Å². The summed E-state index contributed by atoms with van der Waals surface area (Å²) in [6.45, 7) is 0. The molecule has 4 rings (SSSR count). The number of nitrogens with one attached hydrogen (secondary N) is 2. The van der Waals surface area contributed by atoms with Gasteiger partial charge in [-0.05, 0) is 42.5 Å². The Balaban J connectivity index is 1.51. The predicted molar refractivity (Wildman–Crippen MR) is 106 cm³/mol. The minimum atomic E-state index is -4.44. The highest BCUT2D eigenvalue weighted by Gasteiger charge is 2.30. The van der Waals surface area contributed by atoms with E-state index in [2.05, 4.69) is 25.5 Å². The number of benzene rings is 2. The van der Waals surface area contributed by atoms with Crippen LogP contribution < -0.4 is 10.1 Å². The molecule has 30 heavy (non-hydrogen) atoms. The molecule has 6 nitrogen and oxygen atoms in total. The van der Waals surface area contributed by atoms with Gasteiger partial charge in [-0.3, -0.25) is 10.1 Å². The zero-order chi connectivity index (χ0) is 21.1. The smallest absolute Gasteiger partial charge is 0.416 e. The first-order chi connectivity index (χ1) is 14.4. The van der Waals surface area contributed by atoms with Gasteiger partial charge in [0.1, 0.15) is 11.5 Å². The zero-order valence-electron chi connectivity index (χ0n) is 15.1. The van der Waals surface area contributed by atoms with Gasteiger partial charge in [0.05, 0.1) is 10.6 Å². The molecule has 0 saturated carbocycles. The first kappa shape index (κ1) is 19.7. The summed E-state index contributed by atoms with van der Waals surface area (Å²) in [5, 5.41) is 9.81. The third-order valence-corrected chi connectivity index (χ3v) is 4.33. The van der Waals surface area contributed by atoms with Crippen LogP contribution in [0.1, 0.15) is 5.56 Å². The van der Waals surface area contributed by atoms with Gasteiger partial charge in [-0.25, -0.2) is 0 Å². The fourth-order valence-corrected chi connectivity index (χ4v) is 2.89. The fourth-order valence-electron chi connectivity index (χ4n) is 2.63. The third-order valence-electron chi connectivity index (χ3n) is 4.01. The maximum atomic E-state index is 12.9. The van der Waals surface area contributed by atoms with Crippen molar-refractivity contribution >= 4 is 23.2 Å². The summed E-state index contributed by atoms with van der Waals surface area (Å²) in [7, 11) is 0. The van der Waals surface area contributed by atoms with Gasteiger partial charge in [-0.1, -0.05) is 17.7 Å². The molecule has 0 atom stereocenters. The van der Waals surface area contributed by atoms with Gasteiger partial charge in [0.15, 0.2) is 5.82 Å². The van der Waals surface area contributed by atoms with Crippen LogP contribution in [0, 0.1) is 0 Å². The van der Waals surface area contributed by atoms with Crippen molar-refractivity contribution in [1.82, 2.24) is 20.2 Å². The summed E-state index contributed by atoms with van der Waals surface area (Å²) in [5.41, 5.74) is 0.00185. The number of halogens is 4. The van der Waals surface area contributed by atoms with Crippen molar-refractivity contribution in [2.75, 3.05) is 5.32 Å². The lowest BCUT2D eigenvalue weighted by Crippen LogP contribution is -2.05. The number of anilines is 2. The number of aromatic amines is 1. The molecule has 0 spiro atoms. The van der Waals surface area contributed by atoms with E-state index in [1.165, 1.54) is 12.1 Å². The second kappa shape index (κ2) is 8.03. The van der Waals surface area contributed by atoms with Crippen LogP contribution in [0.3, 0.4) is 0 Å². The standard InChI is InChI=1S/C20H13ClF3N5O/c21-17-11-15(30-14-6-8-25-9-7-14)4-5-16(17)18-27-19(29-28-18)26-13-3-1-2-12(10-13)20(22,23)24/h1-11H,(H2,26,27,28,29). The highest BCUT2D eigenvalue weighted by Crippen LogP contribution is 2.33. The number of hydrogen-bond acceptors (Lipinski definition) is 5. The zero-order valence-corrected chi connectivity index (χ0v) is 15.9. The highest BCUT2D eigenvalue weighted by molar-refractivity contribution is 6.33. The Morgan fingerprint density at radius 3 is 2.50 bits per heavy atom. The van der Waals surface area contributed by atoms with Crippen molar-refractivity contribution in [3.8, 4) is 22.9 Å². The minimum absolute atomic E-state index is 0.109. The second-order valence-electron chi connectivity index (χ2n) is 6.14. The Bertz CT molecular complexity index is 1160. The highest BCUT2D eigenvalue weighted by atomic mass is 35.5. The first-order valence-corrected chi connectivity index (χ1v) is 9.01. The molecule has 2 N–H and O–H groups in total. The number of rotatable bonds is 5. The average molecular weight is 432 g/mol. The number of alkyl halides is 3. The van der Waals surface area contributed by atoms with Gasteiger partial charge in [0, 0.05) is 29.7 Å². The summed E-state index contributed by atoms with van der Waals surface area (Å²) < 4.78 is 44.3. The second-order valence-corrected chi connectivity index (χ2v) is 6.55. The Hall–Kier alpha value is -3.59. The van der Waals surface area contributed by atoms with Crippen LogP contribution in [0.2, 0.25) is 5.02 Å². The van der Waals surface area contributed by atoms with E-state index in [-0.39, 0.29) is 11.6 Å². The van der Waals surface area contributed by atoms with Gasteiger partial charge < -0.3 is 10.1 Å². The SMILES string of the molecule is FC(F)(F)c1cccc(Nc2n[nH]c(-c3ccc(Oc4ccncc4)cc3Cl)n2)c1. The quantitative estimate of drug-likeness (QED) is 0.401. The summed E-state index contributed by atoms with van der Waals surface area (Å²) in [6.07, 6.45) is -1.22. The molecule has 0 aliphatic carbocycles. The molecule has 0 fully saturated rings. The molecule has 2 heterocycles. The molecule has 2 aromatic carbocycles. The van der Waals surface area contributed by atoms with Crippen molar-refractivity contribution in [3.63, 3.8) is 0 Å². The van der Waals surface area contributed by atoms with Gasteiger partial charge in [-0.2, -0.15) is 18.2 Å². The molecule has 0 bridgehead atoms. The number of pyridine rings is 1. The lowest BCUT2D eigenvalue weighted by Gasteiger charge is -2.08. The van der Waals surface area contributed by atoms with Crippen molar-refractivity contribution in [3.05, 3.63) is 77.6 Å². The van der Waals surface area contributed by atoms with Gasteiger partial charge >= 0.3 is 6.18 Å². The number of aromatic nitrogens is 4. The summed E-state index contributed by atoms with van der Waals surface area (Å²) >= 11 is 6.35. The number of hydrogen-bond donors (Lipinski definition) is 2. The van der Waals surface area contributed by atoms with Gasteiger partial charge in [0.25, 0.3) is 0 Å². The molecule has 0 aliphatic heterocycles. The summed E-state index contributed by atoms with van der Waals surface area (Å²) in [6, 6.07) is 13.2. The van der Waals surface area contributed by atoms with Crippen LogP contribution in [-0.2, 0) is 6.18 Å². The van der Waals surface area contributed by atoms with Crippen molar-refractivity contribution in [2.45, 2.75) is 6.18 Å². The van der Waals surface area contributed by atoms with E-state index in [1.54, 1.807) is 42.7 Å². The van der Waals surface area contributed by atoms with Crippen LogP contribution in [-0.4, -0.2) is 20.2 Å². The number of H-pyrrole nitrogens is 1. The van der Waals surface area contributed by atoms with Crippen molar-refractivity contribution in [1.29, 1.82) is 0 Å². The van der Waals surface area contributed by atoms with E-state index in [4.69, 9.17) is 16.3 Å². The van der Waals surface area contributed by atoms with E-state index >= 15 is 0 Å². The van der Waals surface area contributed by atoms with Gasteiger partial charge in [-0.15, -0.1) is 5.10 Å². The molecule has 0 radical (unpaired) electrons. The lowest BCUT2D eigenvalue weighted by atomic mass is 10.2. The molecule has 152 valence electrons. The van der Waals surface area contributed by atoms with E-state index in [1.807, 2.05) is 0 Å². The summed E-state index contributed by atoms with van der Waals surface area (Å²) in [4.78, 5) is 8.17. The molecular weight excluding hydrogens is 419 g/mol. The normalized spacial score (nSPS) is 11.3. The van der Waals surface area contributed by atoms with Crippen molar-refractivity contribution in [2.24, 2.45) is 0 Å². The van der Waals surface area contributed by atoms with Crippen LogP contribution in [0.4, 0.5) is 24.8 Å². The topological polar surface area (TPSA) is 75.7 Å². The van der Waals surface area contributed by atoms with Crippen molar-refractivity contribution < 1.29 is 17.9 Å².